The standard InChI is InChI=1S/C13H16FN3O2/c1-7-10(14)4-8(5-11(7)15)13(19)17-9-2-3-12(18)16-6-9/h4-5,9H,2-3,6,15H2,1H3,(H,16,18)(H,17,19). The number of nitrogens with two attached hydrogens (primary N) is 1. The maximum atomic E-state index is 13.5. The van der Waals surface area contributed by atoms with Crippen molar-refractivity contribution in [1.29, 1.82) is 0 Å². The van der Waals surface area contributed by atoms with Gasteiger partial charge in [-0.2, -0.15) is 0 Å². The molecule has 0 spiro atoms. The van der Waals surface area contributed by atoms with Gasteiger partial charge in [0.1, 0.15) is 5.82 Å². The van der Waals surface area contributed by atoms with Crippen molar-refractivity contribution in [1.82, 2.24) is 10.6 Å². The largest absolute Gasteiger partial charge is 0.398 e. The molecule has 19 heavy (non-hydrogen) atoms. The Balaban J connectivity index is 2.06. The fourth-order valence-corrected chi connectivity index (χ4v) is 1.96. The number of benzene rings is 1. The highest BCUT2D eigenvalue weighted by Crippen LogP contribution is 2.17. The summed E-state index contributed by atoms with van der Waals surface area (Å²) in [6, 6.07) is 2.49. The van der Waals surface area contributed by atoms with Crippen LogP contribution in [-0.2, 0) is 4.79 Å². The lowest BCUT2D eigenvalue weighted by Gasteiger charge is -2.23. The number of rotatable bonds is 2. The van der Waals surface area contributed by atoms with Crippen molar-refractivity contribution in [2.24, 2.45) is 0 Å². The van der Waals surface area contributed by atoms with Crippen molar-refractivity contribution in [3.63, 3.8) is 0 Å². The summed E-state index contributed by atoms with van der Waals surface area (Å²) < 4.78 is 13.5. The zero-order chi connectivity index (χ0) is 14.0. The van der Waals surface area contributed by atoms with Crippen molar-refractivity contribution < 1.29 is 14.0 Å². The lowest BCUT2D eigenvalue weighted by Crippen LogP contribution is -2.47. The van der Waals surface area contributed by atoms with E-state index in [1.54, 1.807) is 6.92 Å². The third-order valence-electron chi connectivity index (χ3n) is 3.25. The van der Waals surface area contributed by atoms with Gasteiger partial charge in [0, 0.05) is 35.8 Å². The molecule has 0 aromatic heterocycles. The average molecular weight is 265 g/mol. The number of hydrogen-bond acceptors (Lipinski definition) is 3. The Morgan fingerprint density at radius 2 is 2.26 bits per heavy atom. The van der Waals surface area contributed by atoms with Crippen LogP contribution in [0, 0.1) is 12.7 Å². The quantitative estimate of drug-likeness (QED) is 0.689. The summed E-state index contributed by atoms with van der Waals surface area (Å²) in [5, 5.41) is 5.42. The Hall–Kier alpha value is -2.11. The maximum Gasteiger partial charge on any atom is 0.251 e. The van der Waals surface area contributed by atoms with Crippen LogP contribution in [0.15, 0.2) is 12.1 Å². The Morgan fingerprint density at radius 3 is 2.84 bits per heavy atom. The monoisotopic (exact) mass is 265 g/mol. The van der Waals surface area contributed by atoms with Crippen molar-refractivity contribution in [2.45, 2.75) is 25.8 Å². The van der Waals surface area contributed by atoms with Crippen LogP contribution < -0.4 is 16.4 Å². The van der Waals surface area contributed by atoms with E-state index < -0.39 is 5.82 Å². The zero-order valence-corrected chi connectivity index (χ0v) is 10.6. The number of piperidine rings is 1. The molecule has 0 aliphatic carbocycles. The molecule has 1 unspecified atom stereocenters. The third-order valence-corrected chi connectivity index (χ3v) is 3.25. The normalized spacial score (nSPS) is 18.8. The summed E-state index contributed by atoms with van der Waals surface area (Å²) in [5.41, 5.74) is 6.41. The molecule has 0 bridgehead atoms. The molecule has 1 aliphatic rings. The summed E-state index contributed by atoms with van der Waals surface area (Å²) in [6.45, 7) is 1.96. The van der Waals surface area contributed by atoms with E-state index in [-0.39, 0.29) is 29.1 Å². The van der Waals surface area contributed by atoms with Gasteiger partial charge in [-0.3, -0.25) is 9.59 Å². The molecular weight excluding hydrogens is 249 g/mol. The first-order chi connectivity index (χ1) is 8.97. The fraction of sp³-hybridized carbons (Fsp3) is 0.385. The summed E-state index contributed by atoms with van der Waals surface area (Å²) >= 11 is 0. The molecule has 1 heterocycles. The molecule has 2 amide bonds. The molecule has 4 N–H and O–H groups in total. The van der Waals surface area contributed by atoms with Crippen molar-refractivity contribution in [3.05, 3.63) is 29.1 Å². The molecule has 1 aromatic rings. The first kappa shape index (κ1) is 13.3. The van der Waals surface area contributed by atoms with Gasteiger partial charge in [0.2, 0.25) is 5.91 Å². The van der Waals surface area contributed by atoms with Crippen LogP contribution in [0.1, 0.15) is 28.8 Å². The van der Waals surface area contributed by atoms with Gasteiger partial charge in [-0.15, -0.1) is 0 Å². The van der Waals surface area contributed by atoms with E-state index in [2.05, 4.69) is 10.6 Å². The average Bonchev–Trinajstić information content (AvgIpc) is 2.38. The van der Waals surface area contributed by atoms with Gasteiger partial charge in [0.25, 0.3) is 5.91 Å². The predicted octanol–water partition coefficient (Wildman–Crippen LogP) is 0.725. The number of anilines is 1. The highest BCUT2D eigenvalue weighted by atomic mass is 19.1. The molecule has 1 aromatic carbocycles. The SMILES string of the molecule is Cc1c(N)cc(C(=O)NC2CCC(=O)NC2)cc1F. The van der Waals surface area contributed by atoms with Crippen LogP contribution in [0.2, 0.25) is 0 Å². The minimum absolute atomic E-state index is 0.0175. The fourth-order valence-electron chi connectivity index (χ4n) is 1.96. The number of carbonyl (C=O) groups is 2. The first-order valence-electron chi connectivity index (χ1n) is 6.10. The van der Waals surface area contributed by atoms with Crippen LogP contribution in [0.3, 0.4) is 0 Å². The van der Waals surface area contributed by atoms with E-state index in [4.69, 9.17) is 5.73 Å². The highest BCUT2D eigenvalue weighted by molar-refractivity contribution is 5.95. The summed E-state index contributed by atoms with van der Waals surface area (Å²) in [4.78, 5) is 23.0. The summed E-state index contributed by atoms with van der Waals surface area (Å²) in [5.74, 6) is -0.898. The number of amides is 2. The van der Waals surface area contributed by atoms with Gasteiger partial charge >= 0.3 is 0 Å². The third kappa shape index (κ3) is 3.01. The molecule has 1 fully saturated rings. The molecule has 1 aliphatic heterocycles. The second-order valence-electron chi connectivity index (χ2n) is 4.69. The van der Waals surface area contributed by atoms with Gasteiger partial charge in [-0.05, 0) is 25.5 Å². The maximum absolute atomic E-state index is 13.5. The molecular formula is C13H16FN3O2. The number of hydrogen-bond donors (Lipinski definition) is 3. The lowest BCUT2D eigenvalue weighted by atomic mass is 10.1. The van der Waals surface area contributed by atoms with E-state index in [0.29, 0.717) is 24.9 Å². The van der Waals surface area contributed by atoms with Crippen LogP contribution in [-0.4, -0.2) is 24.4 Å². The first-order valence-corrected chi connectivity index (χ1v) is 6.10. The lowest BCUT2D eigenvalue weighted by molar-refractivity contribution is -0.122. The molecule has 102 valence electrons. The Bertz CT molecular complexity index is 498. The second kappa shape index (κ2) is 5.26. The molecule has 1 atom stereocenters. The van der Waals surface area contributed by atoms with Gasteiger partial charge in [0.05, 0.1) is 0 Å². The molecule has 6 heteroatoms. The smallest absolute Gasteiger partial charge is 0.251 e. The van der Waals surface area contributed by atoms with E-state index in [1.165, 1.54) is 12.1 Å². The van der Waals surface area contributed by atoms with E-state index >= 15 is 0 Å². The van der Waals surface area contributed by atoms with Crippen LogP contribution in [0.4, 0.5) is 10.1 Å². The predicted molar refractivity (Wildman–Crippen MR) is 69.0 cm³/mol. The van der Waals surface area contributed by atoms with Gasteiger partial charge in [-0.25, -0.2) is 4.39 Å². The van der Waals surface area contributed by atoms with Gasteiger partial charge in [0.15, 0.2) is 0 Å². The highest BCUT2D eigenvalue weighted by Gasteiger charge is 2.20. The minimum atomic E-state index is -0.498. The topological polar surface area (TPSA) is 84.2 Å². The van der Waals surface area contributed by atoms with Crippen molar-refractivity contribution in [2.75, 3.05) is 12.3 Å². The molecule has 2 rings (SSSR count). The molecule has 5 nitrogen and oxygen atoms in total. The molecule has 0 radical (unpaired) electrons. The number of halogens is 1. The molecule has 1 saturated heterocycles. The Kier molecular flexibility index (Phi) is 3.69. The summed E-state index contributed by atoms with van der Waals surface area (Å²) in [7, 11) is 0. The number of nitrogen functional groups attached to an aromatic ring is 1. The van der Waals surface area contributed by atoms with Gasteiger partial charge in [-0.1, -0.05) is 0 Å². The number of carbonyl (C=O) groups excluding carboxylic acids is 2. The Labute approximate surface area is 110 Å². The van der Waals surface area contributed by atoms with Gasteiger partial charge < -0.3 is 16.4 Å². The second-order valence-corrected chi connectivity index (χ2v) is 4.69. The number of nitrogens with one attached hydrogen (secondary N) is 2. The van der Waals surface area contributed by atoms with E-state index in [1.807, 2.05) is 0 Å². The van der Waals surface area contributed by atoms with E-state index in [0.717, 1.165) is 0 Å². The van der Waals surface area contributed by atoms with Crippen molar-refractivity contribution in [3.8, 4) is 0 Å². The van der Waals surface area contributed by atoms with Crippen LogP contribution >= 0.6 is 0 Å². The summed E-state index contributed by atoms with van der Waals surface area (Å²) in [6.07, 6.45) is 0.969. The van der Waals surface area contributed by atoms with E-state index in [9.17, 15) is 14.0 Å². The zero-order valence-electron chi connectivity index (χ0n) is 10.6. The van der Waals surface area contributed by atoms with Crippen LogP contribution in [0.25, 0.3) is 0 Å². The Morgan fingerprint density at radius 1 is 1.53 bits per heavy atom. The van der Waals surface area contributed by atoms with Crippen molar-refractivity contribution >= 4 is 17.5 Å². The molecule has 0 saturated carbocycles. The van der Waals surface area contributed by atoms with Crippen LogP contribution in [0.5, 0.6) is 0 Å². The minimum Gasteiger partial charge on any atom is -0.398 e.